The lowest BCUT2D eigenvalue weighted by atomic mass is 10.00. The SMILES string of the molecule is CCc1ncc(S(=O)(=O)N2CC(CC(=O)O)C2)[nH]1. The van der Waals surface area contributed by atoms with E-state index < -0.39 is 16.0 Å². The number of rotatable bonds is 5. The fraction of sp³-hybridized carbons (Fsp3) is 0.600. The third kappa shape index (κ3) is 2.39. The van der Waals surface area contributed by atoms with E-state index in [4.69, 9.17) is 5.11 Å². The molecule has 0 saturated carbocycles. The summed E-state index contributed by atoms with van der Waals surface area (Å²) in [5.74, 6) is -0.367. The number of carboxylic acid groups (broad SMARTS) is 1. The Morgan fingerprint density at radius 2 is 2.28 bits per heavy atom. The molecular formula is C10H15N3O4S. The number of imidazole rings is 1. The summed E-state index contributed by atoms with van der Waals surface area (Å²) in [6, 6.07) is 0. The molecule has 0 amide bonds. The smallest absolute Gasteiger partial charge is 0.303 e. The van der Waals surface area contributed by atoms with Gasteiger partial charge in [-0.25, -0.2) is 13.4 Å². The fourth-order valence-corrected chi connectivity index (χ4v) is 3.41. The van der Waals surface area contributed by atoms with E-state index in [0.717, 1.165) is 0 Å². The molecule has 2 N–H and O–H groups in total. The van der Waals surface area contributed by atoms with E-state index in [1.807, 2.05) is 6.92 Å². The van der Waals surface area contributed by atoms with Gasteiger partial charge in [0.1, 0.15) is 5.82 Å². The zero-order valence-electron chi connectivity index (χ0n) is 9.96. The van der Waals surface area contributed by atoms with Crippen LogP contribution in [0.4, 0.5) is 0 Å². The number of aryl methyl sites for hydroxylation is 1. The Bertz CT molecular complexity index is 545. The Morgan fingerprint density at radius 3 is 2.78 bits per heavy atom. The van der Waals surface area contributed by atoms with Gasteiger partial charge in [0.2, 0.25) is 0 Å². The third-order valence-electron chi connectivity index (χ3n) is 2.94. The Labute approximate surface area is 105 Å². The van der Waals surface area contributed by atoms with Crippen molar-refractivity contribution in [3.05, 3.63) is 12.0 Å². The van der Waals surface area contributed by atoms with Gasteiger partial charge >= 0.3 is 5.97 Å². The van der Waals surface area contributed by atoms with Gasteiger partial charge in [0.05, 0.1) is 12.6 Å². The van der Waals surface area contributed by atoms with Crippen LogP contribution in [0.25, 0.3) is 0 Å². The summed E-state index contributed by atoms with van der Waals surface area (Å²) in [5.41, 5.74) is 0. The van der Waals surface area contributed by atoms with Crippen LogP contribution in [-0.4, -0.2) is 46.9 Å². The van der Waals surface area contributed by atoms with E-state index in [2.05, 4.69) is 9.97 Å². The maximum absolute atomic E-state index is 12.1. The van der Waals surface area contributed by atoms with Gasteiger partial charge < -0.3 is 10.1 Å². The van der Waals surface area contributed by atoms with Crippen molar-refractivity contribution in [1.29, 1.82) is 0 Å². The number of H-pyrrole nitrogens is 1. The number of hydrogen-bond donors (Lipinski definition) is 2. The van der Waals surface area contributed by atoms with Crippen molar-refractivity contribution >= 4 is 16.0 Å². The number of carboxylic acids is 1. The van der Waals surface area contributed by atoms with Crippen molar-refractivity contribution in [2.75, 3.05) is 13.1 Å². The largest absolute Gasteiger partial charge is 0.481 e. The first kappa shape index (κ1) is 13.0. The minimum absolute atomic E-state index is 0.00913. The number of aliphatic carboxylic acids is 1. The summed E-state index contributed by atoms with van der Waals surface area (Å²) < 4.78 is 25.4. The van der Waals surface area contributed by atoms with Crippen molar-refractivity contribution in [1.82, 2.24) is 14.3 Å². The summed E-state index contributed by atoms with van der Waals surface area (Å²) in [6.45, 7) is 2.39. The van der Waals surface area contributed by atoms with Crippen LogP contribution in [0.1, 0.15) is 19.2 Å². The van der Waals surface area contributed by atoms with Gasteiger partial charge in [-0.2, -0.15) is 4.31 Å². The molecule has 1 aromatic rings. The predicted molar refractivity (Wildman–Crippen MR) is 62.5 cm³/mol. The van der Waals surface area contributed by atoms with Crippen molar-refractivity contribution in [3.63, 3.8) is 0 Å². The maximum Gasteiger partial charge on any atom is 0.303 e. The number of hydrogen-bond acceptors (Lipinski definition) is 4. The van der Waals surface area contributed by atoms with Crippen LogP contribution in [0.5, 0.6) is 0 Å². The highest BCUT2D eigenvalue weighted by atomic mass is 32.2. The fourth-order valence-electron chi connectivity index (χ4n) is 1.89. The van der Waals surface area contributed by atoms with Crippen LogP contribution in [0, 0.1) is 5.92 Å². The second-order valence-electron chi connectivity index (χ2n) is 4.33. The van der Waals surface area contributed by atoms with Crippen LogP contribution in [0.15, 0.2) is 11.2 Å². The standard InChI is InChI=1S/C10H15N3O4S/c1-2-8-11-4-9(12-8)18(16,17)13-5-7(6-13)3-10(14)15/h4,7H,2-3,5-6H2,1H3,(H,11,12)(H,14,15). The first-order valence-corrected chi connectivity index (χ1v) is 7.13. The highest BCUT2D eigenvalue weighted by Crippen LogP contribution is 2.26. The number of sulfonamides is 1. The molecule has 2 rings (SSSR count). The zero-order chi connectivity index (χ0) is 13.3. The molecule has 0 unspecified atom stereocenters. The normalized spacial score (nSPS) is 17.6. The third-order valence-corrected chi connectivity index (χ3v) is 4.69. The van der Waals surface area contributed by atoms with Crippen molar-refractivity contribution < 1.29 is 18.3 Å². The van der Waals surface area contributed by atoms with Crippen molar-refractivity contribution in [3.8, 4) is 0 Å². The summed E-state index contributed by atoms with van der Waals surface area (Å²) in [5, 5.41) is 8.68. The second-order valence-corrected chi connectivity index (χ2v) is 6.24. The second kappa shape index (κ2) is 4.69. The van der Waals surface area contributed by atoms with Gasteiger partial charge in [-0.15, -0.1) is 0 Å². The minimum atomic E-state index is -3.54. The number of aromatic amines is 1. The quantitative estimate of drug-likeness (QED) is 0.790. The van der Waals surface area contributed by atoms with Crippen LogP contribution < -0.4 is 0 Å². The van der Waals surface area contributed by atoms with Gasteiger partial charge in [0.15, 0.2) is 5.03 Å². The summed E-state index contributed by atoms with van der Waals surface area (Å²) >= 11 is 0. The molecule has 0 atom stereocenters. The molecule has 1 aliphatic heterocycles. The Morgan fingerprint density at radius 1 is 1.61 bits per heavy atom. The van der Waals surface area contributed by atoms with Crippen LogP contribution in [0.3, 0.4) is 0 Å². The first-order valence-electron chi connectivity index (χ1n) is 5.69. The van der Waals surface area contributed by atoms with E-state index in [9.17, 15) is 13.2 Å². The van der Waals surface area contributed by atoms with E-state index in [1.165, 1.54) is 10.5 Å². The molecule has 1 aliphatic rings. The monoisotopic (exact) mass is 273 g/mol. The van der Waals surface area contributed by atoms with Crippen molar-refractivity contribution in [2.24, 2.45) is 5.92 Å². The average molecular weight is 273 g/mol. The topological polar surface area (TPSA) is 103 Å². The Hall–Kier alpha value is -1.41. The minimum Gasteiger partial charge on any atom is -0.481 e. The van der Waals surface area contributed by atoms with E-state index >= 15 is 0 Å². The molecule has 7 nitrogen and oxygen atoms in total. The van der Waals surface area contributed by atoms with Gasteiger partial charge in [-0.1, -0.05) is 6.92 Å². The van der Waals surface area contributed by atoms with E-state index in [1.54, 1.807) is 0 Å². The molecule has 8 heteroatoms. The molecule has 2 heterocycles. The first-order chi connectivity index (χ1) is 8.43. The summed E-state index contributed by atoms with van der Waals surface area (Å²) in [7, 11) is -3.54. The molecule has 1 saturated heterocycles. The molecule has 0 radical (unpaired) electrons. The Kier molecular flexibility index (Phi) is 3.40. The maximum atomic E-state index is 12.1. The van der Waals surface area contributed by atoms with Crippen LogP contribution in [-0.2, 0) is 21.2 Å². The lowest BCUT2D eigenvalue weighted by Crippen LogP contribution is -2.50. The summed E-state index contributed by atoms with van der Waals surface area (Å²) in [4.78, 5) is 17.2. The van der Waals surface area contributed by atoms with Gasteiger partial charge in [0, 0.05) is 19.5 Å². The Balaban J connectivity index is 2.03. The van der Waals surface area contributed by atoms with Gasteiger partial charge in [0.25, 0.3) is 10.0 Å². The molecule has 0 aliphatic carbocycles. The number of aromatic nitrogens is 2. The molecule has 0 bridgehead atoms. The van der Waals surface area contributed by atoms with Gasteiger partial charge in [-0.3, -0.25) is 4.79 Å². The lowest BCUT2D eigenvalue weighted by Gasteiger charge is -2.36. The van der Waals surface area contributed by atoms with Crippen LogP contribution in [0.2, 0.25) is 0 Å². The number of nitrogens with zero attached hydrogens (tertiary/aromatic N) is 2. The average Bonchev–Trinajstić information content (AvgIpc) is 2.71. The number of nitrogens with one attached hydrogen (secondary N) is 1. The molecule has 0 spiro atoms. The highest BCUT2D eigenvalue weighted by molar-refractivity contribution is 7.89. The van der Waals surface area contributed by atoms with Gasteiger partial charge in [-0.05, 0) is 5.92 Å². The van der Waals surface area contributed by atoms with E-state index in [0.29, 0.717) is 12.2 Å². The number of carbonyl (C=O) groups is 1. The lowest BCUT2D eigenvalue weighted by molar-refractivity contribution is -0.139. The van der Waals surface area contributed by atoms with E-state index in [-0.39, 0.29) is 30.5 Å². The molecule has 1 fully saturated rings. The molecule has 100 valence electrons. The predicted octanol–water partition coefficient (Wildman–Crippen LogP) is 0.0673. The molecule has 1 aromatic heterocycles. The van der Waals surface area contributed by atoms with Crippen LogP contribution >= 0.6 is 0 Å². The molecular weight excluding hydrogens is 258 g/mol. The van der Waals surface area contributed by atoms with Crippen molar-refractivity contribution in [2.45, 2.75) is 24.8 Å². The molecule has 0 aromatic carbocycles. The summed E-state index contributed by atoms with van der Waals surface area (Å²) in [6.07, 6.45) is 1.95. The zero-order valence-corrected chi connectivity index (χ0v) is 10.8. The molecule has 18 heavy (non-hydrogen) atoms. The highest BCUT2D eigenvalue weighted by Gasteiger charge is 2.38.